The van der Waals surface area contributed by atoms with Crippen molar-refractivity contribution in [1.82, 2.24) is 0 Å². The van der Waals surface area contributed by atoms with E-state index in [1.807, 2.05) is 24.3 Å². The average molecular weight is 488 g/mol. The Morgan fingerprint density at radius 3 is 2.17 bits per heavy atom. The van der Waals surface area contributed by atoms with E-state index in [1.165, 1.54) is 89.0 Å². The molecule has 0 heterocycles. The van der Waals surface area contributed by atoms with Crippen LogP contribution in [-0.4, -0.2) is 5.97 Å². The Morgan fingerprint density at radius 1 is 0.861 bits per heavy atom. The monoisotopic (exact) mass is 487 g/mol. The van der Waals surface area contributed by atoms with Gasteiger partial charge in [0.15, 0.2) is 0 Å². The molecule has 1 aliphatic rings. The first kappa shape index (κ1) is 28.0. The van der Waals surface area contributed by atoms with Gasteiger partial charge in [-0.1, -0.05) is 89.8 Å². The van der Waals surface area contributed by atoms with Crippen molar-refractivity contribution in [1.29, 1.82) is 5.26 Å². The molecule has 3 heteroatoms. The Bertz CT molecular complexity index is 964. The Kier molecular flexibility index (Phi) is 12.0. The number of benzene rings is 2. The number of carbonyl (C=O) groups is 1. The number of unbranched alkanes of at least 4 members (excludes halogenated alkanes) is 7. The molecular formula is C33H45NO2. The van der Waals surface area contributed by atoms with E-state index >= 15 is 0 Å². The minimum atomic E-state index is -0.402. The molecule has 0 amide bonds. The molecule has 0 saturated heterocycles. The number of hydrogen-bond acceptors (Lipinski definition) is 3. The number of nitriles is 1. The maximum absolute atomic E-state index is 12.8. The Labute approximate surface area is 219 Å². The van der Waals surface area contributed by atoms with Crippen LogP contribution in [0, 0.1) is 17.2 Å². The number of aryl methyl sites for hydroxylation is 1. The van der Waals surface area contributed by atoms with Crippen LogP contribution in [0.2, 0.25) is 0 Å². The first-order valence-electron chi connectivity index (χ1n) is 14.5. The van der Waals surface area contributed by atoms with Crippen molar-refractivity contribution in [2.75, 3.05) is 0 Å². The summed E-state index contributed by atoms with van der Waals surface area (Å²) in [5, 5.41) is 9.63. The fourth-order valence-electron chi connectivity index (χ4n) is 5.61. The number of ether oxygens (including phenoxy) is 1. The van der Waals surface area contributed by atoms with Crippen LogP contribution in [0.25, 0.3) is 0 Å². The highest BCUT2D eigenvalue weighted by Gasteiger charge is 2.22. The molecule has 1 saturated carbocycles. The summed E-state index contributed by atoms with van der Waals surface area (Å²) in [5.41, 5.74) is 3.42. The van der Waals surface area contributed by atoms with E-state index in [2.05, 4.69) is 32.0 Å². The third-order valence-corrected chi connectivity index (χ3v) is 7.85. The van der Waals surface area contributed by atoms with E-state index in [4.69, 9.17) is 4.74 Å². The van der Waals surface area contributed by atoms with Crippen molar-refractivity contribution < 1.29 is 9.53 Å². The molecule has 2 aromatic rings. The van der Waals surface area contributed by atoms with Crippen molar-refractivity contribution >= 4 is 5.97 Å². The number of rotatable bonds is 14. The van der Waals surface area contributed by atoms with E-state index in [1.54, 1.807) is 6.07 Å². The molecule has 0 spiro atoms. The van der Waals surface area contributed by atoms with Crippen LogP contribution in [0.5, 0.6) is 5.75 Å². The first-order valence-corrected chi connectivity index (χ1v) is 14.5. The average Bonchev–Trinajstić information content (AvgIpc) is 2.91. The molecule has 3 nitrogen and oxygen atoms in total. The van der Waals surface area contributed by atoms with Gasteiger partial charge < -0.3 is 4.74 Å². The molecule has 0 radical (unpaired) electrons. The van der Waals surface area contributed by atoms with Crippen molar-refractivity contribution in [2.24, 2.45) is 5.92 Å². The standard InChI is InChI=1S/C33H45NO2/c1-3-5-6-7-8-9-10-11-13-27-16-23-32(31(24-27)25-34)36-33(35)30-21-19-29(20-22-30)28-17-14-26(12-4-2)15-18-28/h16,19-24,26,28H,3-15,17-18H2,1-2H3. The molecule has 0 aromatic heterocycles. The summed E-state index contributed by atoms with van der Waals surface area (Å²) < 4.78 is 5.63. The molecule has 0 N–H and O–H groups in total. The lowest BCUT2D eigenvalue weighted by Crippen LogP contribution is -2.14. The van der Waals surface area contributed by atoms with Gasteiger partial charge in [0.2, 0.25) is 0 Å². The number of nitrogens with zero attached hydrogens (tertiary/aromatic N) is 1. The van der Waals surface area contributed by atoms with Crippen LogP contribution in [0.3, 0.4) is 0 Å². The third-order valence-electron chi connectivity index (χ3n) is 7.85. The summed E-state index contributed by atoms with van der Waals surface area (Å²) in [7, 11) is 0. The summed E-state index contributed by atoms with van der Waals surface area (Å²) in [6.45, 7) is 4.52. The van der Waals surface area contributed by atoms with Gasteiger partial charge in [0.25, 0.3) is 0 Å². The Hall–Kier alpha value is -2.60. The molecule has 0 aliphatic heterocycles. The summed E-state index contributed by atoms with van der Waals surface area (Å²) in [6.07, 6.45) is 19.0. The van der Waals surface area contributed by atoms with E-state index in [0.29, 0.717) is 22.8 Å². The van der Waals surface area contributed by atoms with E-state index in [-0.39, 0.29) is 0 Å². The van der Waals surface area contributed by atoms with Crippen LogP contribution >= 0.6 is 0 Å². The highest BCUT2D eigenvalue weighted by Crippen LogP contribution is 2.37. The summed E-state index contributed by atoms with van der Waals surface area (Å²) in [6, 6.07) is 15.8. The van der Waals surface area contributed by atoms with Crippen molar-refractivity contribution in [3.05, 3.63) is 64.7 Å². The predicted octanol–water partition coefficient (Wildman–Crippen LogP) is 9.53. The van der Waals surface area contributed by atoms with Gasteiger partial charge in [-0.05, 0) is 85.8 Å². The van der Waals surface area contributed by atoms with E-state index in [9.17, 15) is 10.1 Å². The topological polar surface area (TPSA) is 50.1 Å². The van der Waals surface area contributed by atoms with Gasteiger partial charge in [-0.15, -0.1) is 0 Å². The Morgan fingerprint density at radius 2 is 1.53 bits per heavy atom. The largest absolute Gasteiger partial charge is 0.422 e. The normalized spacial score (nSPS) is 17.5. The first-order chi connectivity index (χ1) is 17.6. The molecule has 1 fully saturated rings. The highest BCUT2D eigenvalue weighted by molar-refractivity contribution is 5.91. The molecule has 3 rings (SSSR count). The molecule has 0 unspecified atom stereocenters. The zero-order chi connectivity index (χ0) is 25.6. The summed E-state index contributed by atoms with van der Waals surface area (Å²) in [4.78, 5) is 12.8. The van der Waals surface area contributed by atoms with Gasteiger partial charge in [0.1, 0.15) is 11.8 Å². The maximum atomic E-state index is 12.8. The van der Waals surface area contributed by atoms with Gasteiger partial charge in [0, 0.05) is 0 Å². The minimum Gasteiger partial charge on any atom is -0.422 e. The lowest BCUT2D eigenvalue weighted by molar-refractivity contribution is 0.0734. The fourth-order valence-corrected chi connectivity index (χ4v) is 5.61. The van der Waals surface area contributed by atoms with Crippen molar-refractivity contribution in [2.45, 2.75) is 116 Å². The van der Waals surface area contributed by atoms with Crippen LogP contribution in [0.4, 0.5) is 0 Å². The second-order valence-corrected chi connectivity index (χ2v) is 10.7. The lowest BCUT2D eigenvalue weighted by Gasteiger charge is -2.28. The molecule has 0 bridgehead atoms. The van der Waals surface area contributed by atoms with Gasteiger partial charge >= 0.3 is 5.97 Å². The van der Waals surface area contributed by atoms with Crippen molar-refractivity contribution in [3.63, 3.8) is 0 Å². The van der Waals surface area contributed by atoms with Gasteiger partial charge in [0.05, 0.1) is 11.1 Å². The molecule has 194 valence electrons. The molecule has 0 atom stereocenters. The molecule has 2 aromatic carbocycles. The zero-order valence-electron chi connectivity index (χ0n) is 22.6. The predicted molar refractivity (Wildman–Crippen MR) is 148 cm³/mol. The summed E-state index contributed by atoms with van der Waals surface area (Å²) in [5.74, 6) is 1.43. The molecule has 36 heavy (non-hydrogen) atoms. The minimum absolute atomic E-state index is 0.348. The zero-order valence-corrected chi connectivity index (χ0v) is 22.6. The molecule has 1 aliphatic carbocycles. The summed E-state index contributed by atoms with van der Waals surface area (Å²) >= 11 is 0. The highest BCUT2D eigenvalue weighted by atomic mass is 16.5. The number of esters is 1. The van der Waals surface area contributed by atoms with Crippen LogP contribution < -0.4 is 4.74 Å². The second kappa shape index (κ2) is 15.5. The van der Waals surface area contributed by atoms with Crippen LogP contribution in [-0.2, 0) is 6.42 Å². The van der Waals surface area contributed by atoms with Gasteiger partial charge in [-0.3, -0.25) is 0 Å². The third kappa shape index (κ3) is 8.81. The Balaban J connectivity index is 1.47. The number of hydrogen-bond donors (Lipinski definition) is 0. The van der Waals surface area contributed by atoms with Gasteiger partial charge in [-0.25, -0.2) is 4.79 Å². The van der Waals surface area contributed by atoms with Crippen LogP contribution in [0.1, 0.15) is 137 Å². The van der Waals surface area contributed by atoms with E-state index < -0.39 is 5.97 Å². The quantitative estimate of drug-likeness (QED) is 0.151. The second-order valence-electron chi connectivity index (χ2n) is 10.7. The van der Waals surface area contributed by atoms with Crippen molar-refractivity contribution in [3.8, 4) is 11.8 Å². The molecular weight excluding hydrogens is 442 g/mol. The SMILES string of the molecule is CCCCCCCCCCc1ccc(OC(=O)c2ccc(C3CCC(CCC)CC3)cc2)c(C#N)c1. The van der Waals surface area contributed by atoms with E-state index in [0.717, 1.165) is 24.3 Å². The fraction of sp³-hybridized carbons (Fsp3) is 0.576. The lowest BCUT2D eigenvalue weighted by atomic mass is 9.77. The smallest absolute Gasteiger partial charge is 0.343 e. The van der Waals surface area contributed by atoms with Crippen LogP contribution in [0.15, 0.2) is 42.5 Å². The van der Waals surface area contributed by atoms with Gasteiger partial charge in [-0.2, -0.15) is 5.26 Å². The maximum Gasteiger partial charge on any atom is 0.343 e. The number of carbonyl (C=O) groups excluding carboxylic acids is 1.